The molecule has 1 atom stereocenters. The molecule has 1 unspecified atom stereocenters. The summed E-state index contributed by atoms with van der Waals surface area (Å²) >= 11 is 0. The first kappa shape index (κ1) is 36.9. The van der Waals surface area contributed by atoms with Gasteiger partial charge in [0.25, 0.3) is 0 Å². The molecule has 1 heteroatoms. The molecule has 8 aromatic rings. The van der Waals surface area contributed by atoms with Crippen molar-refractivity contribution >= 4 is 17.1 Å². The largest absolute Gasteiger partial charge is 0.310 e. The molecule has 10 rings (SSSR count). The Kier molecular flexibility index (Phi) is 9.02. The van der Waals surface area contributed by atoms with Crippen LogP contribution in [0.4, 0.5) is 17.1 Å². The first-order valence-electron chi connectivity index (χ1n) is 21.5. The van der Waals surface area contributed by atoms with Crippen LogP contribution in [0.25, 0.3) is 22.3 Å². The van der Waals surface area contributed by atoms with Crippen LogP contribution in [0.3, 0.4) is 0 Å². The zero-order valence-electron chi connectivity index (χ0n) is 34.8. The summed E-state index contributed by atoms with van der Waals surface area (Å²) in [6, 6.07) is 70.9. The lowest BCUT2D eigenvalue weighted by molar-refractivity contribution is 0.490. The number of rotatable bonds is 9. The number of benzene rings is 8. The van der Waals surface area contributed by atoms with E-state index in [1.54, 1.807) is 0 Å². The molecule has 0 radical (unpaired) electrons. The average Bonchev–Trinajstić information content (AvgIpc) is 3.74. The maximum absolute atomic E-state index is 2.58. The van der Waals surface area contributed by atoms with Crippen LogP contribution in [0.1, 0.15) is 95.2 Å². The molecule has 0 N–H and O–H groups in total. The number of hydrogen-bond donors (Lipinski definition) is 0. The van der Waals surface area contributed by atoms with Crippen molar-refractivity contribution < 1.29 is 0 Å². The maximum Gasteiger partial charge on any atom is 0.0713 e. The zero-order valence-corrected chi connectivity index (χ0v) is 34.8. The van der Waals surface area contributed by atoms with Crippen LogP contribution in [0.15, 0.2) is 188 Å². The quantitative estimate of drug-likeness (QED) is 0.142. The third-order valence-electron chi connectivity index (χ3n) is 13.8. The second-order valence-corrected chi connectivity index (χ2v) is 16.9. The van der Waals surface area contributed by atoms with Gasteiger partial charge in [0, 0.05) is 28.4 Å². The van der Waals surface area contributed by atoms with Crippen molar-refractivity contribution in [2.75, 3.05) is 4.90 Å². The highest BCUT2D eigenvalue weighted by molar-refractivity contribution is 5.90. The van der Waals surface area contributed by atoms with Crippen molar-refractivity contribution in [1.82, 2.24) is 0 Å². The molecule has 2 aliphatic rings. The average molecular weight is 762 g/mol. The molecule has 288 valence electrons. The van der Waals surface area contributed by atoms with Crippen LogP contribution in [-0.2, 0) is 10.8 Å². The lowest BCUT2D eigenvalue weighted by Crippen LogP contribution is -2.28. The van der Waals surface area contributed by atoms with Crippen LogP contribution in [0, 0.1) is 13.8 Å². The second kappa shape index (κ2) is 14.4. The molecule has 0 heterocycles. The van der Waals surface area contributed by atoms with Crippen molar-refractivity contribution in [2.24, 2.45) is 0 Å². The van der Waals surface area contributed by atoms with Gasteiger partial charge in [-0.3, -0.25) is 0 Å². The number of fused-ring (bicyclic) bond motifs is 6. The van der Waals surface area contributed by atoms with Crippen molar-refractivity contribution in [1.29, 1.82) is 0 Å². The van der Waals surface area contributed by atoms with Crippen LogP contribution in [-0.4, -0.2) is 0 Å². The third-order valence-corrected chi connectivity index (χ3v) is 13.8. The van der Waals surface area contributed by atoms with E-state index in [0.29, 0.717) is 0 Å². The minimum atomic E-state index is -0.411. The predicted molar refractivity (Wildman–Crippen MR) is 249 cm³/mol. The normalized spacial score (nSPS) is 14.5. The molecule has 8 aromatic carbocycles. The van der Waals surface area contributed by atoms with E-state index in [9.17, 15) is 0 Å². The summed E-state index contributed by atoms with van der Waals surface area (Å²) in [5, 5.41) is 0. The molecular formula is C58H51N. The Labute approximate surface area is 350 Å². The molecule has 0 spiro atoms. The van der Waals surface area contributed by atoms with Crippen LogP contribution in [0.5, 0.6) is 0 Å². The molecule has 0 aliphatic heterocycles. The number of nitrogens with zero attached hydrogens (tertiary/aromatic N) is 1. The van der Waals surface area contributed by atoms with E-state index in [1.165, 1.54) is 95.0 Å². The zero-order chi connectivity index (χ0) is 40.3. The molecule has 0 fully saturated rings. The lowest BCUT2D eigenvalue weighted by atomic mass is 9.67. The summed E-state index contributed by atoms with van der Waals surface area (Å²) in [5.74, 6) is 0.175. The maximum atomic E-state index is 2.58. The lowest BCUT2D eigenvalue weighted by Gasteiger charge is -2.34. The van der Waals surface area contributed by atoms with E-state index in [0.717, 1.165) is 12.8 Å². The van der Waals surface area contributed by atoms with Crippen LogP contribution in [0.2, 0.25) is 0 Å². The molecule has 0 aromatic heterocycles. The molecule has 0 bridgehead atoms. The molecule has 0 amide bonds. The molecule has 0 saturated carbocycles. The van der Waals surface area contributed by atoms with Crippen LogP contribution >= 0.6 is 0 Å². The monoisotopic (exact) mass is 761 g/mol. The van der Waals surface area contributed by atoms with Gasteiger partial charge in [-0.25, -0.2) is 0 Å². The Morgan fingerprint density at radius 1 is 0.441 bits per heavy atom. The molecular weight excluding hydrogens is 711 g/mol. The predicted octanol–water partition coefficient (Wildman–Crippen LogP) is 15.4. The van der Waals surface area contributed by atoms with Gasteiger partial charge in [-0.2, -0.15) is 0 Å². The third kappa shape index (κ3) is 5.59. The Morgan fingerprint density at radius 3 is 1.58 bits per heavy atom. The van der Waals surface area contributed by atoms with E-state index in [-0.39, 0.29) is 11.3 Å². The summed E-state index contributed by atoms with van der Waals surface area (Å²) in [5.41, 5.74) is 22.0. The Bertz CT molecular complexity index is 2760. The Hall–Kier alpha value is -6.44. The number of anilines is 3. The van der Waals surface area contributed by atoms with Gasteiger partial charge in [0.2, 0.25) is 0 Å². The smallest absolute Gasteiger partial charge is 0.0713 e. The van der Waals surface area contributed by atoms with Gasteiger partial charge in [-0.15, -0.1) is 0 Å². The van der Waals surface area contributed by atoms with Gasteiger partial charge >= 0.3 is 0 Å². The van der Waals surface area contributed by atoms with Crippen molar-refractivity contribution in [3.63, 3.8) is 0 Å². The van der Waals surface area contributed by atoms with E-state index in [1.807, 2.05) is 0 Å². The minimum Gasteiger partial charge on any atom is -0.310 e. The van der Waals surface area contributed by atoms with E-state index in [2.05, 4.69) is 228 Å². The molecule has 1 nitrogen and oxygen atoms in total. The van der Waals surface area contributed by atoms with Gasteiger partial charge < -0.3 is 4.90 Å². The van der Waals surface area contributed by atoms with Gasteiger partial charge in [0.15, 0.2) is 0 Å². The fraction of sp³-hybridized carbons (Fsp3) is 0.172. The van der Waals surface area contributed by atoms with Crippen molar-refractivity contribution in [3.8, 4) is 22.3 Å². The van der Waals surface area contributed by atoms with Crippen molar-refractivity contribution in [2.45, 2.75) is 64.2 Å². The van der Waals surface area contributed by atoms with E-state index in [4.69, 9.17) is 0 Å². The topological polar surface area (TPSA) is 3.24 Å². The molecule has 2 aliphatic carbocycles. The van der Waals surface area contributed by atoms with Gasteiger partial charge in [-0.05, 0) is 141 Å². The Morgan fingerprint density at radius 2 is 0.966 bits per heavy atom. The SMILES string of the molecule is CCC1(CC)c2cc(C(C)c3cccc4c3-c3ccccc3C4(c3ccccc3)c3ccccc3)ccc2-c2ccc(N(c3cccc(C)c3)c3cccc(C)c3)cc21. The fourth-order valence-electron chi connectivity index (χ4n) is 11.0. The summed E-state index contributed by atoms with van der Waals surface area (Å²) < 4.78 is 0. The summed E-state index contributed by atoms with van der Waals surface area (Å²) in [7, 11) is 0. The molecule has 59 heavy (non-hydrogen) atoms. The van der Waals surface area contributed by atoms with Gasteiger partial charge in [0.05, 0.1) is 5.41 Å². The van der Waals surface area contributed by atoms with E-state index < -0.39 is 5.41 Å². The highest BCUT2D eigenvalue weighted by Crippen LogP contribution is 2.59. The van der Waals surface area contributed by atoms with E-state index >= 15 is 0 Å². The molecule has 0 saturated heterocycles. The van der Waals surface area contributed by atoms with Crippen LogP contribution < -0.4 is 4.90 Å². The second-order valence-electron chi connectivity index (χ2n) is 16.9. The standard InChI is InChI=1S/C58H51N/c1-6-57(7-2)54-37-42(31-33-49(54)50-34-32-47(38-55(50)57)59(45-25-16-19-39(3)35-45)46-26-17-20-40(4)36-46)41(5)48-28-18-30-53-56(48)51-27-14-15-29-52(51)58(53,43-21-10-8-11-22-43)44-23-12-9-13-24-44/h8-38,41H,6-7H2,1-5H3. The van der Waals surface area contributed by atoms with Gasteiger partial charge in [-0.1, -0.05) is 172 Å². The first-order chi connectivity index (χ1) is 28.9. The minimum absolute atomic E-state index is 0.0949. The number of hydrogen-bond acceptors (Lipinski definition) is 1. The summed E-state index contributed by atoms with van der Waals surface area (Å²) in [6.45, 7) is 11.6. The first-order valence-corrected chi connectivity index (χ1v) is 21.5. The summed E-state index contributed by atoms with van der Waals surface area (Å²) in [4.78, 5) is 2.44. The summed E-state index contributed by atoms with van der Waals surface area (Å²) in [6.07, 6.45) is 2.06. The van der Waals surface area contributed by atoms with Crippen molar-refractivity contribution in [3.05, 3.63) is 244 Å². The highest BCUT2D eigenvalue weighted by Gasteiger charge is 2.47. The highest BCUT2D eigenvalue weighted by atomic mass is 15.1. The number of aryl methyl sites for hydroxylation is 2. The van der Waals surface area contributed by atoms with Gasteiger partial charge in [0.1, 0.15) is 0 Å². The Balaban J connectivity index is 1.11. The fourth-order valence-corrected chi connectivity index (χ4v) is 11.0.